The number of amides is 1. The van der Waals surface area contributed by atoms with Crippen LogP contribution in [0.5, 0.6) is 0 Å². The van der Waals surface area contributed by atoms with Crippen LogP contribution in [0.2, 0.25) is 0 Å². The van der Waals surface area contributed by atoms with E-state index >= 15 is 0 Å². The first-order chi connectivity index (χ1) is 9.34. The summed E-state index contributed by atoms with van der Waals surface area (Å²) in [7, 11) is 0. The molecule has 0 radical (unpaired) electrons. The Kier molecular flexibility index (Phi) is 4.38. The standard InChI is InChI=1S/C15H27N3O/c19-15(13-4-7-16-8-5-13)18-11-6-14(12-18)17-9-2-1-3-10-17/h13-14,16H,1-12H2. The van der Waals surface area contributed by atoms with Crippen LogP contribution in [-0.4, -0.2) is 61.0 Å². The average Bonchev–Trinajstić information content (AvgIpc) is 2.98. The van der Waals surface area contributed by atoms with Crippen molar-refractivity contribution in [3.63, 3.8) is 0 Å². The van der Waals surface area contributed by atoms with E-state index in [-0.39, 0.29) is 0 Å². The van der Waals surface area contributed by atoms with Crippen LogP contribution in [0.25, 0.3) is 0 Å². The maximum atomic E-state index is 12.5. The summed E-state index contributed by atoms with van der Waals surface area (Å²) in [5, 5.41) is 3.34. The van der Waals surface area contributed by atoms with Gasteiger partial charge >= 0.3 is 0 Å². The summed E-state index contributed by atoms with van der Waals surface area (Å²) in [6.07, 6.45) is 7.34. The Hall–Kier alpha value is -0.610. The van der Waals surface area contributed by atoms with Crippen LogP contribution in [0, 0.1) is 5.92 Å². The Morgan fingerprint density at radius 2 is 1.68 bits per heavy atom. The number of carbonyl (C=O) groups excluding carboxylic acids is 1. The van der Waals surface area contributed by atoms with Gasteiger partial charge in [-0.15, -0.1) is 0 Å². The van der Waals surface area contributed by atoms with E-state index in [9.17, 15) is 4.79 Å². The molecule has 0 aliphatic carbocycles. The first-order valence-corrected chi connectivity index (χ1v) is 8.08. The molecule has 1 N–H and O–H groups in total. The van der Waals surface area contributed by atoms with Crippen molar-refractivity contribution in [2.24, 2.45) is 5.92 Å². The SMILES string of the molecule is O=C(C1CCNCC1)N1CCC(N2CCCCC2)C1. The van der Waals surface area contributed by atoms with Gasteiger partial charge in [-0.3, -0.25) is 9.69 Å². The number of likely N-dealkylation sites (tertiary alicyclic amines) is 2. The van der Waals surface area contributed by atoms with E-state index in [1.807, 2.05) is 0 Å². The molecule has 3 fully saturated rings. The Morgan fingerprint density at radius 3 is 2.42 bits per heavy atom. The smallest absolute Gasteiger partial charge is 0.225 e. The lowest BCUT2D eigenvalue weighted by atomic mass is 9.97. The van der Waals surface area contributed by atoms with Gasteiger partial charge in [-0.25, -0.2) is 0 Å². The molecular formula is C15H27N3O. The van der Waals surface area contributed by atoms with Crippen molar-refractivity contribution in [1.29, 1.82) is 0 Å². The summed E-state index contributed by atoms with van der Waals surface area (Å²) < 4.78 is 0. The molecule has 3 aliphatic rings. The van der Waals surface area contributed by atoms with Crippen molar-refractivity contribution in [2.45, 2.75) is 44.6 Å². The average molecular weight is 265 g/mol. The third-order valence-corrected chi connectivity index (χ3v) is 5.07. The summed E-state index contributed by atoms with van der Waals surface area (Å²) in [5.74, 6) is 0.724. The van der Waals surface area contributed by atoms with E-state index in [1.165, 1.54) is 38.8 Å². The molecule has 0 aromatic heterocycles. The largest absolute Gasteiger partial charge is 0.341 e. The fourth-order valence-electron chi connectivity index (χ4n) is 3.85. The third-order valence-electron chi connectivity index (χ3n) is 5.07. The number of hydrogen-bond acceptors (Lipinski definition) is 3. The lowest BCUT2D eigenvalue weighted by molar-refractivity contribution is -0.135. The molecular weight excluding hydrogens is 238 g/mol. The van der Waals surface area contributed by atoms with Crippen LogP contribution in [0.4, 0.5) is 0 Å². The van der Waals surface area contributed by atoms with E-state index in [0.717, 1.165) is 39.0 Å². The summed E-state index contributed by atoms with van der Waals surface area (Å²) in [6.45, 7) is 6.51. The highest BCUT2D eigenvalue weighted by molar-refractivity contribution is 5.79. The third kappa shape index (κ3) is 3.11. The Labute approximate surface area is 116 Å². The van der Waals surface area contributed by atoms with Crippen LogP contribution >= 0.6 is 0 Å². The molecule has 3 heterocycles. The lowest BCUT2D eigenvalue weighted by Gasteiger charge is -2.32. The van der Waals surface area contributed by atoms with Gasteiger partial charge in [-0.05, 0) is 58.3 Å². The minimum atomic E-state index is 0.293. The second-order valence-electron chi connectivity index (χ2n) is 6.35. The molecule has 0 bridgehead atoms. The van der Waals surface area contributed by atoms with Gasteiger partial charge in [0.15, 0.2) is 0 Å². The van der Waals surface area contributed by atoms with Gasteiger partial charge in [0, 0.05) is 25.0 Å². The Balaban J connectivity index is 1.51. The molecule has 0 aromatic carbocycles. The summed E-state index contributed by atoms with van der Waals surface area (Å²) in [6, 6.07) is 0.644. The molecule has 0 saturated carbocycles. The molecule has 0 aromatic rings. The number of nitrogens with one attached hydrogen (secondary N) is 1. The number of nitrogens with zero attached hydrogens (tertiary/aromatic N) is 2. The monoisotopic (exact) mass is 265 g/mol. The topological polar surface area (TPSA) is 35.6 Å². The predicted octanol–water partition coefficient (Wildman–Crippen LogP) is 1.07. The Bertz CT molecular complexity index is 309. The van der Waals surface area contributed by atoms with Crippen molar-refractivity contribution in [1.82, 2.24) is 15.1 Å². The first-order valence-electron chi connectivity index (χ1n) is 8.08. The Morgan fingerprint density at radius 1 is 0.947 bits per heavy atom. The van der Waals surface area contributed by atoms with Crippen molar-refractivity contribution in [3.8, 4) is 0 Å². The van der Waals surface area contributed by atoms with Crippen molar-refractivity contribution in [2.75, 3.05) is 39.3 Å². The second-order valence-corrected chi connectivity index (χ2v) is 6.35. The van der Waals surface area contributed by atoms with E-state index in [2.05, 4.69) is 15.1 Å². The molecule has 3 saturated heterocycles. The number of rotatable bonds is 2. The highest BCUT2D eigenvalue weighted by atomic mass is 16.2. The number of piperidine rings is 2. The number of carbonyl (C=O) groups is 1. The molecule has 1 unspecified atom stereocenters. The molecule has 0 spiro atoms. The van der Waals surface area contributed by atoms with Crippen LogP contribution in [0.1, 0.15) is 38.5 Å². The fourth-order valence-corrected chi connectivity index (χ4v) is 3.85. The van der Waals surface area contributed by atoms with E-state index in [4.69, 9.17) is 0 Å². The maximum Gasteiger partial charge on any atom is 0.225 e. The maximum absolute atomic E-state index is 12.5. The van der Waals surface area contributed by atoms with Crippen LogP contribution < -0.4 is 5.32 Å². The highest BCUT2D eigenvalue weighted by Crippen LogP contribution is 2.23. The minimum Gasteiger partial charge on any atom is -0.341 e. The second kappa shape index (κ2) is 6.23. The van der Waals surface area contributed by atoms with Gasteiger partial charge < -0.3 is 10.2 Å². The van der Waals surface area contributed by atoms with Gasteiger partial charge in [0.1, 0.15) is 0 Å². The summed E-state index contributed by atoms with van der Waals surface area (Å²) >= 11 is 0. The molecule has 19 heavy (non-hydrogen) atoms. The first kappa shape index (κ1) is 13.4. The van der Waals surface area contributed by atoms with E-state index < -0.39 is 0 Å². The zero-order valence-electron chi connectivity index (χ0n) is 11.9. The molecule has 1 atom stereocenters. The zero-order chi connectivity index (χ0) is 13.1. The summed E-state index contributed by atoms with van der Waals surface area (Å²) in [4.78, 5) is 17.3. The van der Waals surface area contributed by atoms with Gasteiger partial charge in [0.05, 0.1) is 0 Å². The van der Waals surface area contributed by atoms with Gasteiger partial charge in [0.25, 0.3) is 0 Å². The lowest BCUT2D eigenvalue weighted by Crippen LogP contribution is -2.44. The van der Waals surface area contributed by atoms with Crippen molar-refractivity contribution >= 4 is 5.91 Å². The number of hydrogen-bond donors (Lipinski definition) is 1. The molecule has 1 amide bonds. The molecule has 3 aliphatic heterocycles. The van der Waals surface area contributed by atoms with Crippen molar-refractivity contribution < 1.29 is 4.79 Å². The quantitative estimate of drug-likeness (QED) is 0.811. The molecule has 4 nitrogen and oxygen atoms in total. The molecule has 3 rings (SSSR count). The molecule has 108 valence electrons. The fraction of sp³-hybridized carbons (Fsp3) is 0.933. The normalized spacial score (nSPS) is 30.7. The van der Waals surface area contributed by atoms with Crippen LogP contribution in [-0.2, 0) is 4.79 Å². The van der Waals surface area contributed by atoms with Gasteiger partial charge in [-0.2, -0.15) is 0 Å². The van der Waals surface area contributed by atoms with Gasteiger partial charge in [0.2, 0.25) is 5.91 Å². The zero-order valence-corrected chi connectivity index (χ0v) is 11.9. The predicted molar refractivity (Wildman–Crippen MR) is 76.0 cm³/mol. The van der Waals surface area contributed by atoms with E-state index in [0.29, 0.717) is 17.9 Å². The van der Waals surface area contributed by atoms with E-state index in [1.54, 1.807) is 0 Å². The van der Waals surface area contributed by atoms with Crippen molar-refractivity contribution in [3.05, 3.63) is 0 Å². The van der Waals surface area contributed by atoms with Crippen LogP contribution in [0.3, 0.4) is 0 Å². The van der Waals surface area contributed by atoms with Crippen LogP contribution in [0.15, 0.2) is 0 Å². The van der Waals surface area contributed by atoms with Gasteiger partial charge in [-0.1, -0.05) is 6.42 Å². The highest BCUT2D eigenvalue weighted by Gasteiger charge is 2.34. The summed E-state index contributed by atoms with van der Waals surface area (Å²) in [5.41, 5.74) is 0. The molecule has 4 heteroatoms. The minimum absolute atomic E-state index is 0.293.